The van der Waals surface area contributed by atoms with Gasteiger partial charge in [-0.05, 0) is 37.6 Å². The molecular formula is C16H21NO2. The molecule has 3 nitrogen and oxygen atoms in total. The molecule has 0 aliphatic carbocycles. The SMILES string of the molecule is COc1cc(C)ccc1C(C)NCCc1ccco1. The highest BCUT2D eigenvalue weighted by molar-refractivity contribution is 5.39. The van der Waals surface area contributed by atoms with Crippen LogP contribution in [0.1, 0.15) is 29.9 Å². The lowest BCUT2D eigenvalue weighted by atomic mass is 10.0. The zero-order valence-corrected chi connectivity index (χ0v) is 11.8. The first-order chi connectivity index (χ1) is 9.20. The van der Waals surface area contributed by atoms with E-state index in [1.54, 1.807) is 13.4 Å². The lowest BCUT2D eigenvalue weighted by Crippen LogP contribution is -2.21. The predicted molar refractivity (Wildman–Crippen MR) is 76.6 cm³/mol. The van der Waals surface area contributed by atoms with Gasteiger partial charge in [0.25, 0.3) is 0 Å². The second-order valence-electron chi connectivity index (χ2n) is 4.75. The molecule has 0 saturated heterocycles. The normalized spacial score (nSPS) is 12.4. The Labute approximate surface area is 114 Å². The number of benzene rings is 1. The van der Waals surface area contributed by atoms with Crippen molar-refractivity contribution in [3.63, 3.8) is 0 Å². The van der Waals surface area contributed by atoms with Gasteiger partial charge in [-0.1, -0.05) is 12.1 Å². The molecule has 0 radical (unpaired) electrons. The molecule has 3 heteroatoms. The summed E-state index contributed by atoms with van der Waals surface area (Å²) in [5.74, 6) is 1.95. The van der Waals surface area contributed by atoms with E-state index in [0.29, 0.717) is 0 Å². The minimum Gasteiger partial charge on any atom is -0.496 e. The molecule has 2 aromatic rings. The van der Waals surface area contributed by atoms with Gasteiger partial charge in [-0.2, -0.15) is 0 Å². The maximum atomic E-state index is 5.44. The molecule has 0 aliphatic heterocycles. The van der Waals surface area contributed by atoms with Gasteiger partial charge in [-0.25, -0.2) is 0 Å². The summed E-state index contributed by atoms with van der Waals surface area (Å²) in [6, 6.07) is 10.5. The Balaban J connectivity index is 1.94. The Bertz CT molecular complexity index is 505. The number of hydrogen-bond donors (Lipinski definition) is 1. The lowest BCUT2D eigenvalue weighted by Gasteiger charge is -2.17. The molecule has 0 aliphatic rings. The number of hydrogen-bond acceptors (Lipinski definition) is 3. The number of methoxy groups -OCH3 is 1. The van der Waals surface area contributed by atoms with Crippen molar-refractivity contribution in [1.82, 2.24) is 5.32 Å². The van der Waals surface area contributed by atoms with E-state index in [-0.39, 0.29) is 6.04 Å². The van der Waals surface area contributed by atoms with Crippen LogP contribution in [0.2, 0.25) is 0 Å². The summed E-state index contributed by atoms with van der Waals surface area (Å²) in [5.41, 5.74) is 2.40. The number of nitrogens with one attached hydrogen (secondary N) is 1. The summed E-state index contributed by atoms with van der Waals surface area (Å²) in [7, 11) is 1.72. The Morgan fingerprint density at radius 1 is 1.32 bits per heavy atom. The summed E-state index contributed by atoms with van der Waals surface area (Å²) in [5, 5.41) is 3.49. The van der Waals surface area contributed by atoms with Gasteiger partial charge in [0.2, 0.25) is 0 Å². The molecule has 1 heterocycles. The molecule has 1 aromatic carbocycles. The standard InChI is InChI=1S/C16H21NO2/c1-12-6-7-15(16(11-12)18-3)13(2)17-9-8-14-5-4-10-19-14/h4-7,10-11,13,17H,8-9H2,1-3H3. The second kappa shape index (κ2) is 6.43. The van der Waals surface area contributed by atoms with Crippen molar-refractivity contribution in [2.45, 2.75) is 26.3 Å². The van der Waals surface area contributed by atoms with E-state index < -0.39 is 0 Å². The quantitative estimate of drug-likeness (QED) is 0.862. The molecule has 1 aromatic heterocycles. The molecule has 102 valence electrons. The molecule has 0 spiro atoms. The molecular weight excluding hydrogens is 238 g/mol. The van der Waals surface area contributed by atoms with Crippen LogP contribution in [0.3, 0.4) is 0 Å². The fraction of sp³-hybridized carbons (Fsp3) is 0.375. The predicted octanol–water partition coefficient (Wildman–Crippen LogP) is 3.49. The Morgan fingerprint density at radius 3 is 2.84 bits per heavy atom. The van der Waals surface area contributed by atoms with E-state index >= 15 is 0 Å². The molecule has 0 fully saturated rings. The van der Waals surface area contributed by atoms with Crippen LogP contribution in [0.4, 0.5) is 0 Å². The fourth-order valence-corrected chi connectivity index (χ4v) is 2.15. The largest absolute Gasteiger partial charge is 0.496 e. The smallest absolute Gasteiger partial charge is 0.123 e. The lowest BCUT2D eigenvalue weighted by molar-refractivity contribution is 0.400. The van der Waals surface area contributed by atoms with Gasteiger partial charge < -0.3 is 14.5 Å². The van der Waals surface area contributed by atoms with Crippen LogP contribution in [-0.4, -0.2) is 13.7 Å². The highest BCUT2D eigenvalue weighted by Gasteiger charge is 2.10. The summed E-state index contributed by atoms with van der Waals surface area (Å²) in [4.78, 5) is 0. The molecule has 2 rings (SSSR count). The molecule has 1 atom stereocenters. The number of aryl methyl sites for hydroxylation is 1. The first-order valence-corrected chi connectivity index (χ1v) is 6.61. The van der Waals surface area contributed by atoms with Gasteiger partial charge in [0.15, 0.2) is 0 Å². The van der Waals surface area contributed by atoms with E-state index in [1.807, 2.05) is 12.1 Å². The Morgan fingerprint density at radius 2 is 2.16 bits per heavy atom. The van der Waals surface area contributed by atoms with E-state index in [1.165, 1.54) is 11.1 Å². The number of ether oxygens (including phenoxy) is 1. The van der Waals surface area contributed by atoms with Crippen LogP contribution in [0.5, 0.6) is 5.75 Å². The van der Waals surface area contributed by atoms with Gasteiger partial charge in [-0.3, -0.25) is 0 Å². The van der Waals surface area contributed by atoms with Crippen LogP contribution in [0.25, 0.3) is 0 Å². The summed E-state index contributed by atoms with van der Waals surface area (Å²) in [6.07, 6.45) is 2.60. The van der Waals surface area contributed by atoms with Gasteiger partial charge in [0, 0.05) is 24.6 Å². The molecule has 19 heavy (non-hydrogen) atoms. The second-order valence-corrected chi connectivity index (χ2v) is 4.75. The summed E-state index contributed by atoms with van der Waals surface area (Å²) >= 11 is 0. The van der Waals surface area contributed by atoms with Crippen molar-refractivity contribution >= 4 is 0 Å². The molecule has 1 unspecified atom stereocenters. The molecule has 0 bridgehead atoms. The third-order valence-corrected chi connectivity index (χ3v) is 3.26. The third kappa shape index (κ3) is 3.61. The molecule has 0 saturated carbocycles. The third-order valence-electron chi connectivity index (χ3n) is 3.26. The highest BCUT2D eigenvalue weighted by Crippen LogP contribution is 2.25. The Kier molecular flexibility index (Phi) is 4.63. The van der Waals surface area contributed by atoms with Crippen molar-refractivity contribution < 1.29 is 9.15 Å². The zero-order valence-electron chi connectivity index (χ0n) is 11.8. The van der Waals surface area contributed by atoms with Gasteiger partial charge >= 0.3 is 0 Å². The van der Waals surface area contributed by atoms with Gasteiger partial charge in [-0.15, -0.1) is 0 Å². The first-order valence-electron chi connectivity index (χ1n) is 6.61. The van der Waals surface area contributed by atoms with Crippen molar-refractivity contribution in [1.29, 1.82) is 0 Å². The van der Waals surface area contributed by atoms with Gasteiger partial charge in [0.1, 0.15) is 11.5 Å². The van der Waals surface area contributed by atoms with Crippen LogP contribution in [0, 0.1) is 6.92 Å². The van der Waals surface area contributed by atoms with E-state index in [9.17, 15) is 0 Å². The molecule has 0 amide bonds. The van der Waals surface area contributed by atoms with Crippen LogP contribution in [0.15, 0.2) is 41.0 Å². The fourth-order valence-electron chi connectivity index (χ4n) is 2.15. The Hall–Kier alpha value is -1.74. The van der Waals surface area contributed by atoms with Crippen molar-refractivity contribution in [3.8, 4) is 5.75 Å². The van der Waals surface area contributed by atoms with E-state index in [4.69, 9.17) is 9.15 Å². The summed E-state index contributed by atoms with van der Waals surface area (Å²) in [6.45, 7) is 5.10. The first kappa shape index (κ1) is 13.7. The minimum atomic E-state index is 0.255. The highest BCUT2D eigenvalue weighted by atomic mass is 16.5. The average molecular weight is 259 g/mol. The number of rotatable bonds is 6. The average Bonchev–Trinajstić information content (AvgIpc) is 2.91. The minimum absolute atomic E-state index is 0.255. The van der Waals surface area contributed by atoms with Crippen LogP contribution in [-0.2, 0) is 6.42 Å². The van der Waals surface area contributed by atoms with Gasteiger partial charge in [0.05, 0.1) is 13.4 Å². The van der Waals surface area contributed by atoms with E-state index in [0.717, 1.165) is 24.5 Å². The topological polar surface area (TPSA) is 34.4 Å². The zero-order chi connectivity index (χ0) is 13.7. The monoisotopic (exact) mass is 259 g/mol. The maximum Gasteiger partial charge on any atom is 0.123 e. The summed E-state index contributed by atoms with van der Waals surface area (Å²) < 4.78 is 10.8. The van der Waals surface area contributed by atoms with Crippen molar-refractivity contribution in [2.24, 2.45) is 0 Å². The van der Waals surface area contributed by atoms with Crippen molar-refractivity contribution in [2.75, 3.05) is 13.7 Å². The van der Waals surface area contributed by atoms with E-state index in [2.05, 4.69) is 37.4 Å². The van der Waals surface area contributed by atoms with Crippen molar-refractivity contribution in [3.05, 3.63) is 53.5 Å². The molecule has 1 N–H and O–H groups in total. The van der Waals surface area contributed by atoms with Crippen LogP contribution < -0.4 is 10.1 Å². The maximum absolute atomic E-state index is 5.44. The van der Waals surface area contributed by atoms with Crippen LogP contribution >= 0.6 is 0 Å². The number of furan rings is 1.